The van der Waals surface area contributed by atoms with Crippen LogP contribution in [0.15, 0.2) is 6.33 Å². The highest BCUT2D eigenvalue weighted by molar-refractivity contribution is 5.83. The van der Waals surface area contributed by atoms with E-state index in [0.717, 1.165) is 25.7 Å². The van der Waals surface area contributed by atoms with Crippen molar-refractivity contribution in [3.05, 3.63) is 12.2 Å². The molecule has 1 aliphatic carbocycles. The molecule has 4 atom stereocenters. The molecule has 4 rings (SSSR count). The molecule has 7 N–H and O–H groups in total. The molecule has 1 saturated carbocycles. The molecule has 1 aliphatic heterocycles. The number of aromatic nitrogens is 4. The molecule has 2 aliphatic rings. The molecular formula is C22H29N7O5. The Hall–Kier alpha value is -3.27. The van der Waals surface area contributed by atoms with Gasteiger partial charge in [-0.2, -0.15) is 0 Å². The number of likely N-dealkylation sites (N-methyl/N-ethyl adjacent to an activating group) is 1. The largest absolute Gasteiger partial charge is 0.387 e. The van der Waals surface area contributed by atoms with Crippen LogP contribution in [0.5, 0.6) is 0 Å². The second kappa shape index (κ2) is 9.92. The van der Waals surface area contributed by atoms with E-state index in [1.54, 1.807) is 6.92 Å². The second-order valence-electron chi connectivity index (χ2n) is 8.71. The van der Waals surface area contributed by atoms with Gasteiger partial charge in [0, 0.05) is 18.9 Å². The smallest absolute Gasteiger partial charge is 0.252 e. The van der Waals surface area contributed by atoms with Crippen LogP contribution in [0, 0.1) is 23.7 Å². The topological polar surface area (TPSA) is 192 Å². The molecule has 3 heterocycles. The van der Waals surface area contributed by atoms with Crippen LogP contribution in [0.4, 0.5) is 5.82 Å². The van der Waals surface area contributed by atoms with Gasteiger partial charge in [-0.15, -0.1) is 0 Å². The van der Waals surface area contributed by atoms with E-state index in [1.807, 2.05) is 0 Å². The number of anilines is 1. The molecule has 0 spiro atoms. The van der Waals surface area contributed by atoms with E-state index < -0.39 is 30.4 Å². The lowest BCUT2D eigenvalue weighted by Crippen LogP contribution is -2.42. The normalized spacial score (nSPS) is 28.9. The summed E-state index contributed by atoms with van der Waals surface area (Å²) in [7, 11) is 0. The number of amides is 2. The zero-order valence-corrected chi connectivity index (χ0v) is 18.8. The maximum absolute atomic E-state index is 12.2. The summed E-state index contributed by atoms with van der Waals surface area (Å²) in [5.41, 5.74) is 12.0. The highest BCUT2D eigenvalue weighted by Gasteiger charge is 2.47. The SMILES string of the molecule is CCNC(=O)[C@H]1O[C@@H](n2cnc3c(N)nc(C#CCC4CCC(C(N)=O)CC4)nc32)C(O)[C@H]1O. The van der Waals surface area contributed by atoms with E-state index in [0.29, 0.717) is 24.4 Å². The molecule has 2 amide bonds. The minimum absolute atomic E-state index is 0.0469. The molecule has 0 bridgehead atoms. The first-order valence-electron chi connectivity index (χ1n) is 11.4. The average molecular weight is 472 g/mol. The molecule has 1 saturated heterocycles. The minimum Gasteiger partial charge on any atom is -0.387 e. The van der Waals surface area contributed by atoms with Gasteiger partial charge in [0.1, 0.15) is 17.7 Å². The summed E-state index contributed by atoms with van der Waals surface area (Å²) in [5, 5.41) is 23.4. The van der Waals surface area contributed by atoms with Crippen molar-refractivity contribution >= 4 is 28.8 Å². The first-order valence-corrected chi connectivity index (χ1v) is 11.4. The lowest BCUT2D eigenvalue weighted by atomic mass is 9.80. The molecule has 1 unspecified atom stereocenters. The quantitative estimate of drug-likeness (QED) is 0.347. The van der Waals surface area contributed by atoms with Gasteiger partial charge in [0.15, 0.2) is 23.8 Å². The van der Waals surface area contributed by atoms with Crippen molar-refractivity contribution in [1.29, 1.82) is 0 Å². The molecule has 12 nitrogen and oxygen atoms in total. The highest BCUT2D eigenvalue weighted by Crippen LogP contribution is 2.32. The fourth-order valence-electron chi connectivity index (χ4n) is 4.49. The number of ether oxygens (including phenoxy) is 1. The van der Waals surface area contributed by atoms with Gasteiger partial charge in [0.25, 0.3) is 5.91 Å². The number of carbonyl (C=O) groups excluding carboxylic acids is 2. The number of rotatable bonds is 5. The Kier molecular flexibility index (Phi) is 6.97. The van der Waals surface area contributed by atoms with Crippen molar-refractivity contribution in [2.24, 2.45) is 17.6 Å². The van der Waals surface area contributed by atoms with E-state index >= 15 is 0 Å². The number of primary amides is 1. The van der Waals surface area contributed by atoms with E-state index in [1.165, 1.54) is 10.9 Å². The Bertz CT molecular complexity index is 1130. The van der Waals surface area contributed by atoms with Crippen LogP contribution in [-0.4, -0.2) is 66.4 Å². The zero-order chi connectivity index (χ0) is 24.4. The monoisotopic (exact) mass is 471 g/mol. The number of imidazole rings is 1. The number of nitrogen functional groups attached to an aromatic ring is 1. The lowest BCUT2D eigenvalue weighted by molar-refractivity contribution is -0.137. The van der Waals surface area contributed by atoms with Crippen LogP contribution in [-0.2, 0) is 14.3 Å². The first kappa shape index (κ1) is 23.9. The number of aliphatic hydroxyl groups excluding tert-OH is 2. The number of fused-ring (bicyclic) bond motifs is 1. The number of hydrogen-bond acceptors (Lipinski definition) is 9. The minimum atomic E-state index is -1.42. The standard InChI is InChI=1S/C22H29N7O5/c1-2-25-21(33)17-15(30)16(31)22(34-17)29-10-26-14-18(23)27-13(28-20(14)29)5-3-4-11-6-8-12(9-7-11)19(24)32/h10-12,15-17,22,30-31H,2,4,6-9H2,1H3,(H2,24,32)(H,25,33)(H2,23,27,28)/t11?,12?,15-,16?,17+,22-/m1/s1. The number of carbonyl (C=O) groups is 2. The van der Waals surface area contributed by atoms with Crippen molar-refractivity contribution in [3.63, 3.8) is 0 Å². The van der Waals surface area contributed by atoms with E-state index in [4.69, 9.17) is 16.2 Å². The van der Waals surface area contributed by atoms with Gasteiger partial charge in [-0.3, -0.25) is 14.2 Å². The summed E-state index contributed by atoms with van der Waals surface area (Å²) >= 11 is 0. The van der Waals surface area contributed by atoms with Crippen molar-refractivity contribution in [3.8, 4) is 11.8 Å². The lowest BCUT2D eigenvalue weighted by Gasteiger charge is -2.25. The summed E-state index contributed by atoms with van der Waals surface area (Å²) < 4.78 is 7.07. The molecule has 34 heavy (non-hydrogen) atoms. The Morgan fingerprint density at radius 1 is 1.24 bits per heavy atom. The highest BCUT2D eigenvalue weighted by atomic mass is 16.6. The number of aliphatic hydroxyl groups is 2. The van der Waals surface area contributed by atoms with Crippen molar-refractivity contribution in [1.82, 2.24) is 24.8 Å². The third kappa shape index (κ3) is 4.68. The Labute approximate surface area is 196 Å². The summed E-state index contributed by atoms with van der Waals surface area (Å²) in [4.78, 5) is 36.3. The molecule has 12 heteroatoms. The molecule has 182 valence electrons. The predicted molar refractivity (Wildman–Crippen MR) is 120 cm³/mol. The van der Waals surface area contributed by atoms with Gasteiger partial charge in [-0.1, -0.05) is 5.92 Å². The molecule has 2 fully saturated rings. The van der Waals surface area contributed by atoms with Crippen LogP contribution in [0.3, 0.4) is 0 Å². The van der Waals surface area contributed by atoms with Crippen molar-refractivity contribution in [2.45, 2.75) is 63.6 Å². The van der Waals surface area contributed by atoms with E-state index in [2.05, 4.69) is 32.1 Å². The Morgan fingerprint density at radius 3 is 2.65 bits per heavy atom. The van der Waals surface area contributed by atoms with Gasteiger partial charge < -0.3 is 31.7 Å². The van der Waals surface area contributed by atoms with Crippen LogP contribution < -0.4 is 16.8 Å². The molecular weight excluding hydrogens is 442 g/mol. The summed E-state index contributed by atoms with van der Waals surface area (Å²) in [5.74, 6) is 5.89. The Morgan fingerprint density at radius 2 is 1.97 bits per heavy atom. The molecule has 0 radical (unpaired) electrons. The van der Waals surface area contributed by atoms with Crippen molar-refractivity contribution in [2.75, 3.05) is 12.3 Å². The number of nitrogens with two attached hydrogens (primary N) is 2. The zero-order valence-electron chi connectivity index (χ0n) is 18.8. The van der Waals surface area contributed by atoms with Gasteiger partial charge in [-0.25, -0.2) is 15.0 Å². The van der Waals surface area contributed by atoms with E-state index in [-0.39, 0.29) is 29.1 Å². The van der Waals surface area contributed by atoms with Gasteiger partial charge in [0.2, 0.25) is 11.7 Å². The van der Waals surface area contributed by atoms with Gasteiger partial charge in [-0.05, 0) is 44.4 Å². The summed E-state index contributed by atoms with van der Waals surface area (Å²) in [6.07, 6.45) is 0.215. The third-order valence-corrected chi connectivity index (χ3v) is 6.41. The average Bonchev–Trinajstić information content (AvgIpc) is 3.36. The number of hydrogen-bond donors (Lipinski definition) is 5. The van der Waals surface area contributed by atoms with Crippen LogP contribution in [0.2, 0.25) is 0 Å². The molecule has 0 aromatic carbocycles. The van der Waals surface area contributed by atoms with Gasteiger partial charge in [0.05, 0.1) is 6.33 Å². The summed E-state index contributed by atoms with van der Waals surface area (Å²) in [6.45, 7) is 2.10. The molecule has 2 aromatic rings. The summed E-state index contributed by atoms with van der Waals surface area (Å²) in [6, 6.07) is 0. The number of nitrogens with zero attached hydrogens (tertiary/aromatic N) is 4. The third-order valence-electron chi connectivity index (χ3n) is 6.41. The second-order valence-corrected chi connectivity index (χ2v) is 8.71. The number of nitrogens with one attached hydrogen (secondary N) is 1. The maximum atomic E-state index is 12.2. The maximum Gasteiger partial charge on any atom is 0.252 e. The van der Waals surface area contributed by atoms with Crippen molar-refractivity contribution < 1.29 is 24.5 Å². The van der Waals surface area contributed by atoms with Crippen LogP contribution in [0.25, 0.3) is 11.2 Å². The first-order chi connectivity index (χ1) is 16.3. The predicted octanol–water partition coefficient (Wildman–Crippen LogP) is -0.803. The van der Waals surface area contributed by atoms with Crippen LogP contribution >= 0.6 is 0 Å². The Balaban J connectivity index is 1.52. The fraction of sp³-hybridized carbons (Fsp3) is 0.591. The fourth-order valence-corrected chi connectivity index (χ4v) is 4.49. The van der Waals surface area contributed by atoms with Crippen LogP contribution in [0.1, 0.15) is 51.1 Å². The van der Waals surface area contributed by atoms with Gasteiger partial charge >= 0.3 is 0 Å². The van der Waals surface area contributed by atoms with E-state index in [9.17, 15) is 19.8 Å². The molecule has 2 aromatic heterocycles.